The Morgan fingerprint density at radius 2 is 2.10 bits per heavy atom. The van der Waals surface area contributed by atoms with Crippen LogP contribution in [0.2, 0.25) is 0 Å². The summed E-state index contributed by atoms with van der Waals surface area (Å²) in [5.74, 6) is 1.13. The Kier molecular flexibility index (Phi) is 3.88. The molecule has 1 amide bonds. The Hall–Kier alpha value is -1.21. The molecule has 0 aromatic heterocycles. The monoisotopic (exact) mass is 327 g/mol. The van der Waals surface area contributed by atoms with E-state index in [0.29, 0.717) is 11.5 Å². The number of nitrogens with one attached hydrogen (secondary N) is 1. The average molecular weight is 327 g/mol. The highest BCUT2D eigenvalue weighted by atomic mass is 32.2. The van der Waals surface area contributed by atoms with Gasteiger partial charge in [-0.3, -0.25) is 4.79 Å². The lowest BCUT2D eigenvalue weighted by molar-refractivity contribution is -0.128. The maximum absolute atomic E-state index is 12.3. The number of fused-ring (bicyclic) bond motifs is 1. The molecule has 0 unspecified atom stereocenters. The smallest absolute Gasteiger partial charge is 0.262 e. The van der Waals surface area contributed by atoms with E-state index in [2.05, 4.69) is 5.32 Å². The summed E-state index contributed by atoms with van der Waals surface area (Å²) in [5, 5.41) is 2.83. The minimum atomic E-state index is -3.03. The van der Waals surface area contributed by atoms with E-state index in [1.165, 1.54) is 0 Å². The standard InChI is InChI=1S/C14H17NO4S2/c1-9-7-21(17,18)8-10(9)15-14(16)12-6-20-13-5-3-2-4-11(13)19-12/h2-5,9-10,12H,6-8H2,1H3,(H,15,16)/t9-,10+,12+/m0/s1. The summed E-state index contributed by atoms with van der Waals surface area (Å²) in [6, 6.07) is 7.28. The number of rotatable bonds is 2. The van der Waals surface area contributed by atoms with Crippen molar-refractivity contribution in [1.29, 1.82) is 0 Å². The number of sulfone groups is 1. The van der Waals surface area contributed by atoms with Crippen LogP contribution in [0.3, 0.4) is 0 Å². The van der Waals surface area contributed by atoms with E-state index in [9.17, 15) is 13.2 Å². The molecule has 2 heterocycles. The van der Waals surface area contributed by atoms with E-state index < -0.39 is 15.9 Å². The quantitative estimate of drug-likeness (QED) is 0.880. The van der Waals surface area contributed by atoms with Gasteiger partial charge >= 0.3 is 0 Å². The molecule has 1 N–H and O–H groups in total. The molecule has 1 saturated heterocycles. The van der Waals surface area contributed by atoms with Gasteiger partial charge in [-0.2, -0.15) is 0 Å². The van der Waals surface area contributed by atoms with E-state index >= 15 is 0 Å². The largest absolute Gasteiger partial charge is 0.479 e. The van der Waals surface area contributed by atoms with E-state index in [1.807, 2.05) is 31.2 Å². The zero-order valence-corrected chi connectivity index (χ0v) is 13.2. The van der Waals surface area contributed by atoms with Crippen molar-refractivity contribution in [3.05, 3.63) is 24.3 Å². The second-order valence-corrected chi connectivity index (χ2v) is 8.75. The zero-order chi connectivity index (χ0) is 15.0. The molecule has 114 valence electrons. The van der Waals surface area contributed by atoms with Gasteiger partial charge in [0.15, 0.2) is 15.9 Å². The van der Waals surface area contributed by atoms with Crippen molar-refractivity contribution in [3.63, 3.8) is 0 Å². The Bertz CT molecular complexity index is 659. The number of benzene rings is 1. The van der Waals surface area contributed by atoms with E-state index in [-0.39, 0.29) is 29.4 Å². The number of amides is 1. The lowest BCUT2D eigenvalue weighted by Crippen LogP contribution is -2.48. The van der Waals surface area contributed by atoms with Crippen molar-refractivity contribution in [2.75, 3.05) is 17.3 Å². The van der Waals surface area contributed by atoms with Gasteiger partial charge in [0.1, 0.15) is 5.75 Å². The van der Waals surface area contributed by atoms with Gasteiger partial charge in [0.2, 0.25) is 0 Å². The van der Waals surface area contributed by atoms with Crippen LogP contribution < -0.4 is 10.1 Å². The van der Waals surface area contributed by atoms with Crippen molar-refractivity contribution in [2.24, 2.45) is 5.92 Å². The number of carbonyl (C=O) groups is 1. The highest BCUT2D eigenvalue weighted by molar-refractivity contribution is 7.99. The molecule has 3 rings (SSSR count). The number of ether oxygens (including phenoxy) is 1. The molecular weight excluding hydrogens is 310 g/mol. The SMILES string of the molecule is C[C@H]1CS(=O)(=O)C[C@H]1NC(=O)[C@H]1CSc2ccccc2O1. The van der Waals surface area contributed by atoms with Gasteiger partial charge in [-0.05, 0) is 18.1 Å². The van der Waals surface area contributed by atoms with Crippen molar-refractivity contribution < 1.29 is 17.9 Å². The molecule has 2 aliphatic rings. The summed E-state index contributed by atoms with van der Waals surface area (Å²) >= 11 is 1.58. The van der Waals surface area contributed by atoms with E-state index in [1.54, 1.807) is 11.8 Å². The Balaban J connectivity index is 1.65. The Morgan fingerprint density at radius 1 is 1.33 bits per heavy atom. The second-order valence-electron chi connectivity index (χ2n) is 5.53. The molecule has 0 bridgehead atoms. The molecule has 7 heteroatoms. The number of para-hydroxylation sites is 1. The first-order chi connectivity index (χ1) is 9.94. The van der Waals surface area contributed by atoms with Gasteiger partial charge < -0.3 is 10.1 Å². The number of hydrogen-bond acceptors (Lipinski definition) is 5. The summed E-state index contributed by atoms with van der Waals surface area (Å²) in [6.45, 7) is 1.85. The van der Waals surface area contributed by atoms with Crippen LogP contribution >= 0.6 is 11.8 Å². The number of thioether (sulfide) groups is 1. The molecule has 5 nitrogen and oxygen atoms in total. The summed E-state index contributed by atoms with van der Waals surface area (Å²) in [5.41, 5.74) is 0. The predicted molar refractivity (Wildman–Crippen MR) is 81.3 cm³/mol. The summed E-state index contributed by atoms with van der Waals surface area (Å²) in [6.07, 6.45) is -0.569. The topological polar surface area (TPSA) is 72.5 Å². The Labute approximate surface area is 128 Å². The lowest BCUT2D eigenvalue weighted by atomic mass is 10.1. The highest BCUT2D eigenvalue weighted by Gasteiger charge is 2.37. The van der Waals surface area contributed by atoms with Crippen LogP contribution in [0.4, 0.5) is 0 Å². The lowest BCUT2D eigenvalue weighted by Gasteiger charge is -2.26. The van der Waals surface area contributed by atoms with Crippen molar-refractivity contribution in [1.82, 2.24) is 5.32 Å². The van der Waals surface area contributed by atoms with E-state index in [0.717, 1.165) is 4.90 Å². The third-order valence-electron chi connectivity index (χ3n) is 3.77. The first-order valence-corrected chi connectivity index (χ1v) is 9.64. The molecule has 2 aliphatic heterocycles. The van der Waals surface area contributed by atoms with Crippen LogP contribution in [0.5, 0.6) is 5.75 Å². The number of hydrogen-bond donors (Lipinski definition) is 1. The van der Waals surface area contributed by atoms with Crippen LogP contribution in [0, 0.1) is 5.92 Å². The predicted octanol–water partition coefficient (Wildman–Crippen LogP) is 1.09. The maximum atomic E-state index is 12.3. The minimum Gasteiger partial charge on any atom is -0.479 e. The molecule has 3 atom stereocenters. The molecule has 0 radical (unpaired) electrons. The van der Waals surface area contributed by atoms with E-state index in [4.69, 9.17) is 4.74 Å². The second kappa shape index (κ2) is 5.53. The maximum Gasteiger partial charge on any atom is 0.262 e. The summed E-state index contributed by atoms with van der Waals surface area (Å²) in [7, 11) is -3.03. The van der Waals surface area contributed by atoms with Crippen LogP contribution in [0.1, 0.15) is 6.92 Å². The molecular formula is C14H17NO4S2. The normalized spacial score (nSPS) is 30.2. The third kappa shape index (κ3) is 3.18. The van der Waals surface area contributed by atoms with Crippen LogP contribution in [-0.4, -0.2) is 43.7 Å². The van der Waals surface area contributed by atoms with Gasteiger partial charge in [0, 0.05) is 16.7 Å². The first kappa shape index (κ1) is 14.7. The van der Waals surface area contributed by atoms with Crippen molar-refractivity contribution in [2.45, 2.75) is 24.0 Å². The van der Waals surface area contributed by atoms with Gasteiger partial charge in [-0.25, -0.2) is 8.42 Å². The van der Waals surface area contributed by atoms with Crippen LogP contribution in [-0.2, 0) is 14.6 Å². The fourth-order valence-electron chi connectivity index (χ4n) is 2.63. The van der Waals surface area contributed by atoms with Gasteiger partial charge in [0.05, 0.1) is 11.5 Å². The molecule has 1 aromatic carbocycles. The molecule has 1 fully saturated rings. The summed E-state index contributed by atoms with van der Waals surface area (Å²) < 4.78 is 28.9. The third-order valence-corrected chi connectivity index (χ3v) is 6.78. The van der Waals surface area contributed by atoms with Gasteiger partial charge in [-0.1, -0.05) is 19.1 Å². The fraction of sp³-hybridized carbons (Fsp3) is 0.500. The molecule has 0 spiro atoms. The minimum absolute atomic E-state index is 0.0242. The summed E-state index contributed by atoms with van der Waals surface area (Å²) in [4.78, 5) is 13.3. The molecule has 1 aromatic rings. The number of carbonyl (C=O) groups excluding carboxylic acids is 1. The molecule has 0 aliphatic carbocycles. The van der Waals surface area contributed by atoms with Crippen molar-refractivity contribution in [3.8, 4) is 5.75 Å². The highest BCUT2D eigenvalue weighted by Crippen LogP contribution is 2.35. The first-order valence-electron chi connectivity index (χ1n) is 6.84. The fourth-order valence-corrected chi connectivity index (χ4v) is 5.74. The van der Waals surface area contributed by atoms with Crippen LogP contribution in [0.15, 0.2) is 29.2 Å². The average Bonchev–Trinajstić information content (AvgIpc) is 2.70. The Morgan fingerprint density at radius 3 is 2.81 bits per heavy atom. The molecule has 0 saturated carbocycles. The molecule has 21 heavy (non-hydrogen) atoms. The zero-order valence-electron chi connectivity index (χ0n) is 11.6. The van der Waals surface area contributed by atoms with Gasteiger partial charge in [0.25, 0.3) is 5.91 Å². The van der Waals surface area contributed by atoms with Crippen molar-refractivity contribution >= 4 is 27.5 Å². The van der Waals surface area contributed by atoms with Gasteiger partial charge in [-0.15, -0.1) is 11.8 Å². The van der Waals surface area contributed by atoms with Crippen LogP contribution in [0.25, 0.3) is 0 Å².